The van der Waals surface area contributed by atoms with E-state index in [9.17, 15) is 14.9 Å². The van der Waals surface area contributed by atoms with Crippen molar-refractivity contribution in [3.8, 4) is 10.6 Å². The summed E-state index contributed by atoms with van der Waals surface area (Å²) in [5.41, 5.74) is 1.58. The second kappa shape index (κ2) is 6.77. The number of thiazole rings is 1. The molecule has 2 aromatic carbocycles. The molecular formula is C16H10ClN3O3S. The number of benzene rings is 2. The number of nitrogens with one attached hydrogen (secondary N) is 1. The van der Waals surface area contributed by atoms with Crippen LogP contribution in [0.3, 0.4) is 0 Å². The van der Waals surface area contributed by atoms with Gasteiger partial charge in [-0.2, -0.15) is 0 Å². The van der Waals surface area contributed by atoms with Gasteiger partial charge in [-0.05, 0) is 24.3 Å². The molecule has 6 nitrogen and oxygen atoms in total. The van der Waals surface area contributed by atoms with E-state index in [0.29, 0.717) is 15.7 Å². The fourth-order valence-electron chi connectivity index (χ4n) is 1.96. The highest BCUT2D eigenvalue weighted by molar-refractivity contribution is 7.13. The third kappa shape index (κ3) is 3.58. The molecule has 0 saturated heterocycles. The van der Waals surface area contributed by atoms with Crippen molar-refractivity contribution < 1.29 is 9.72 Å². The van der Waals surface area contributed by atoms with Gasteiger partial charge in [-0.1, -0.05) is 23.7 Å². The van der Waals surface area contributed by atoms with E-state index in [1.807, 2.05) is 12.1 Å². The zero-order valence-corrected chi connectivity index (χ0v) is 13.7. The van der Waals surface area contributed by atoms with E-state index < -0.39 is 4.92 Å². The summed E-state index contributed by atoms with van der Waals surface area (Å²) < 4.78 is 0. The Hall–Kier alpha value is -2.77. The van der Waals surface area contributed by atoms with E-state index in [-0.39, 0.29) is 17.3 Å². The number of carbonyl (C=O) groups excluding carboxylic acids is 1. The van der Waals surface area contributed by atoms with Crippen molar-refractivity contribution in [2.75, 3.05) is 5.32 Å². The second-order valence-electron chi connectivity index (χ2n) is 4.80. The van der Waals surface area contributed by atoms with E-state index in [1.54, 1.807) is 17.5 Å². The Labute approximate surface area is 145 Å². The average Bonchev–Trinajstić information content (AvgIpc) is 3.06. The van der Waals surface area contributed by atoms with Gasteiger partial charge in [-0.3, -0.25) is 14.9 Å². The standard InChI is InChI=1S/C16H10ClN3O3S/c17-11-3-1-10(2-4-11)16-19-14(9-24-16)15(21)18-12-5-7-13(8-6-12)20(22)23/h1-9H,(H,18,21). The summed E-state index contributed by atoms with van der Waals surface area (Å²) in [6, 6.07) is 12.8. The Morgan fingerprint density at radius 2 is 1.79 bits per heavy atom. The monoisotopic (exact) mass is 359 g/mol. The van der Waals surface area contributed by atoms with Crippen LogP contribution >= 0.6 is 22.9 Å². The number of nitro benzene ring substituents is 1. The molecule has 24 heavy (non-hydrogen) atoms. The Morgan fingerprint density at radius 1 is 1.12 bits per heavy atom. The summed E-state index contributed by atoms with van der Waals surface area (Å²) in [5, 5.41) is 16.3. The number of hydrogen-bond donors (Lipinski definition) is 1. The summed E-state index contributed by atoms with van der Waals surface area (Å²) in [6.45, 7) is 0. The Bertz CT molecular complexity index is 892. The zero-order valence-electron chi connectivity index (χ0n) is 12.1. The first-order valence-corrected chi connectivity index (χ1v) is 8.06. The summed E-state index contributed by atoms with van der Waals surface area (Å²) >= 11 is 7.20. The number of non-ortho nitro benzene ring substituents is 1. The van der Waals surface area contributed by atoms with Crippen LogP contribution in [0.4, 0.5) is 11.4 Å². The third-order valence-electron chi connectivity index (χ3n) is 3.16. The normalized spacial score (nSPS) is 10.4. The number of anilines is 1. The topological polar surface area (TPSA) is 85.1 Å². The van der Waals surface area contributed by atoms with Crippen molar-refractivity contribution in [2.24, 2.45) is 0 Å². The molecular weight excluding hydrogens is 350 g/mol. The number of rotatable bonds is 4. The molecule has 0 radical (unpaired) electrons. The Morgan fingerprint density at radius 3 is 2.42 bits per heavy atom. The molecule has 0 aliphatic heterocycles. The van der Waals surface area contributed by atoms with Crippen molar-refractivity contribution in [2.45, 2.75) is 0 Å². The lowest BCUT2D eigenvalue weighted by Gasteiger charge is -2.02. The molecule has 1 heterocycles. The summed E-state index contributed by atoms with van der Waals surface area (Å²) in [6.07, 6.45) is 0. The average molecular weight is 360 g/mol. The number of nitro groups is 1. The first kappa shape index (κ1) is 16.1. The minimum absolute atomic E-state index is 0.0355. The SMILES string of the molecule is O=C(Nc1ccc([N+](=O)[O-])cc1)c1csc(-c2ccc(Cl)cc2)n1. The minimum Gasteiger partial charge on any atom is -0.321 e. The number of hydrogen-bond acceptors (Lipinski definition) is 5. The molecule has 8 heteroatoms. The van der Waals surface area contributed by atoms with Gasteiger partial charge in [-0.25, -0.2) is 4.98 Å². The van der Waals surface area contributed by atoms with Crippen molar-refractivity contribution in [3.05, 3.63) is 74.7 Å². The predicted molar refractivity (Wildman–Crippen MR) is 93.6 cm³/mol. The highest BCUT2D eigenvalue weighted by Crippen LogP contribution is 2.25. The van der Waals surface area contributed by atoms with Crippen LogP contribution < -0.4 is 5.32 Å². The highest BCUT2D eigenvalue weighted by atomic mass is 35.5. The van der Waals surface area contributed by atoms with Gasteiger partial charge in [-0.15, -0.1) is 11.3 Å². The summed E-state index contributed by atoms with van der Waals surface area (Å²) in [5.74, 6) is -0.375. The fraction of sp³-hybridized carbons (Fsp3) is 0. The fourth-order valence-corrected chi connectivity index (χ4v) is 2.90. The first-order valence-electron chi connectivity index (χ1n) is 6.80. The van der Waals surface area contributed by atoms with E-state index in [0.717, 1.165) is 5.56 Å². The summed E-state index contributed by atoms with van der Waals surface area (Å²) in [7, 11) is 0. The van der Waals surface area contributed by atoms with E-state index in [1.165, 1.54) is 35.6 Å². The van der Waals surface area contributed by atoms with Crippen LogP contribution in [-0.2, 0) is 0 Å². The molecule has 1 aromatic heterocycles. The highest BCUT2D eigenvalue weighted by Gasteiger charge is 2.13. The molecule has 0 atom stereocenters. The van der Waals surface area contributed by atoms with E-state index in [4.69, 9.17) is 11.6 Å². The number of carbonyl (C=O) groups is 1. The van der Waals surface area contributed by atoms with Crippen LogP contribution in [0.5, 0.6) is 0 Å². The van der Waals surface area contributed by atoms with Crippen LogP contribution in [0.15, 0.2) is 53.9 Å². The Balaban J connectivity index is 1.73. The van der Waals surface area contributed by atoms with Gasteiger partial charge in [0.25, 0.3) is 11.6 Å². The number of nitrogens with zero attached hydrogens (tertiary/aromatic N) is 2. The molecule has 0 fully saturated rings. The van der Waals surface area contributed by atoms with Crippen LogP contribution in [0.2, 0.25) is 5.02 Å². The molecule has 1 N–H and O–H groups in total. The van der Waals surface area contributed by atoms with Crippen molar-refractivity contribution in [1.82, 2.24) is 4.98 Å². The second-order valence-corrected chi connectivity index (χ2v) is 6.10. The van der Waals surface area contributed by atoms with Gasteiger partial charge in [0.1, 0.15) is 10.7 Å². The molecule has 0 spiro atoms. The van der Waals surface area contributed by atoms with E-state index >= 15 is 0 Å². The quantitative estimate of drug-likeness (QED) is 0.543. The number of aromatic nitrogens is 1. The molecule has 0 aliphatic carbocycles. The lowest BCUT2D eigenvalue weighted by molar-refractivity contribution is -0.384. The first-order chi connectivity index (χ1) is 11.5. The lowest BCUT2D eigenvalue weighted by Crippen LogP contribution is -2.12. The van der Waals surface area contributed by atoms with Crippen molar-refractivity contribution in [3.63, 3.8) is 0 Å². The maximum atomic E-state index is 12.2. The van der Waals surface area contributed by atoms with Crippen LogP contribution in [-0.4, -0.2) is 15.8 Å². The smallest absolute Gasteiger partial charge is 0.275 e. The largest absolute Gasteiger partial charge is 0.321 e. The molecule has 0 unspecified atom stereocenters. The summed E-state index contributed by atoms with van der Waals surface area (Å²) in [4.78, 5) is 26.6. The van der Waals surface area contributed by atoms with Gasteiger partial charge < -0.3 is 5.32 Å². The molecule has 1 amide bonds. The predicted octanol–water partition coefficient (Wildman–Crippen LogP) is 4.62. The number of amides is 1. The molecule has 3 rings (SSSR count). The third-order valence-corrected chi connectivity index (χ3v) is 4.31. The minimum atomic E-state index is -0.496. The maximum Gasteiger partial charge on any atom is 0.275 e. The molecule has 0 saturated carbocycles. The Kier molecular flexibility index (Phi) is 4.54. The molecule has 0 bridgehead atoms. The van der Waals surface area contributed by atoms with Gasteiger partial charge in [0.2, 0.25) is 0 Å². The van der Waals surface area contributed by atoms with Crippen LogP contribution in [0, 0.1) is 10.1 Å². The molecule has 3 aromatic rings. The molecule has 0 aliphatic rings. The van der Waals surface area contributed by atoms with Crippen molar-refractivity contribution in [1.29, 1.82) is 0 Å². The molecule has 120 valence electrons. The van der Waals surface area contributed by atoms with E-state index in [2.05, 4.69) is 10.3 Å². The van der Waals surface area contributed by atoms with Gasteiger partial charge >= 0.3 is 0 Å². The van der Waals surface area contributed by atoms with Crippen molar-refractivity contribution >= 4 is 40.2 Å². The van der Waals surface area contributed by atoms with Gasteiger partial charge in [0, 0.05) is 33.8 Å². The number of halogens is 1. The van der Waals surface area contributed by atoms with Crippen LogP contribution in [0.25, 0.3) is 10.6 Å². The van der Waals surface area contributed by atoms with Gasteiger partial charge in [0.15, 0.2) is 0 Å². The van der Waals surface area contributed by atoms with Crippen LogP contribution in [0.1, 0.15) is 10.5 Å². The van der Waals surface area contributed by atoms with Gasteiger partial charge in [0.05, 0.1) is 4.92 Å². The zero-order chi connectivity index (χ0) is 17.1. The lowest BCUT2D eigenvalue weighted by atomic mass is 10.2. The maximum absolute atomic E-state index is 12.2.